The number of rotatable bonds is 6. The van der Waals surface area contributed by atoms with E-state index in [1.54, 1.807) is 11.8 Å². The molecule has 5 heteroatoms. The molecule has 21 heavy (non-hydrogen) atoms. The van der Waals surface area contributed by atoms with Crippen molar-refractivity contribution in [2.24, 2.45) is 11.8 Å². The van der Waals surface area contributed by atoms with Gasteiger partial charge in [0, 0.05) is 24.4 Å². The lowest BCUT2D eigenvalue weighted by Gasteiger charge is -2.33. The summed E-state index contributed by atoms with van der Waals surface area (Å²) in [6.07, 6.45) is 4.70. The first-order valence-corrected chi connectivity index (χ1v) is 9.47. The zero-order valence-electron chi connectivity index (χ0n) is 12.7. The van der Waals surface area contributed by atoms with E-state index in [2.05, 4.69) is 0 Å². The van der Waals surface area contributed by atoms with Crippen molar-refractivity contribution in [2.75, 3.05) is 23.5 Å². The molecule has 0 aliphatic heterocycles. The second-order valence-electron chi connectivity index (χ2n) is 6.07. The van der Waals surface area contributed by atoms with E-state index in [1.807, 2.05) is 30.3 Å². The molecule has 0 N–H and O–H groups in total. The Morgan fingerprint density at radius 3 is 2.38 bits per heavy atom. The molecule has 1 aromatic rings. The summed E-state index contributed by atoms with van der Waals surface area (Å²) >= 11 is 0. The number of hydrogen-bond acceptors (Lipinski definition) is 3. The van der Waals surface area contributed by atoms with Gasteiger partial charge in [-0.1, -0.05) is 31.5 Å². The van der Waals surface area contributed by atoms with Gasteiger partial charge in [0.2, 0.25) is 5.91 Å². The van der Waals surface area contributed by atoms with Crippen LogP contribution in [0.5, 0.6) is 0 Å². The minimum absolute atomic E-state index is 0.0974. The summed E-state index contributed by atoms with van der Waals surface area (Å²) in [5, 5.41) is 0. The van der Waals surface area contributed by atoms with E-state index in [0.29, 0.717) is 12.5 Å². The fourth-order valence-electron chi connectivity index (χ4n) is 2.66. The molecule has 1 aromatic carbocycles. The molecule has 116 valence electrons. The number of para-hydroxylation sites is 1. The fraction of sp³-hybridized carbons (Fsp3) is 0.562. The Hall–Kier alpha value is -1.36. The van der Waals surface area contributed by atoms with Crippen LogP contribution in [-0.2, 0) is 14.6 Å². The van der Waals surface area contributed by atoms with Gasteiger partial charge in [-0.2, -0.15) is 0 Å². The number of benzene rings is 1. The summed E-state index contributed by atoms with van der Waals surface area (Å²) in [6, 6.07) is 9.53. The van der Waals surface area contributed by atoms with E-state index in [0.717, 1.165) is 18.5 Å². The first kappa shape index (κ1) is 16.0. The molecule has 0 aromatic heterocycles. The molecule has 1 saturated carbocycles. The van der Waals surface area contributed by atoms with E-state index >= 15 is 0 Å². The largest absolute Gasteiger partial charge is 0.312 e. The van der Waals surface area contributed by atoms with Crippen LogP contribution in [0.1, 0.15) is 26.2 Å². The smallest absolute Gasteiger partial charge is 0.230 e. The first-order chi connectivity index (χ1) is 9.87. The molecular formula is C16H23NO3S. The van der Waals surface area contributed by atoms with Crippen LogP contribution in [0.4, 0.5) is 5.69 Å². The molecule has 0 bridgehead atoms. The van der Waals surface area contributed by atoms with Crippen molar-refractivity contribution in [3.63, 3.8) is 0 Å². The topological polar surface area (TPSA) is 54.5 Å². The molecule has 1 atom stereocenters. The van der Waals surface area contributed by atoms with E-state index in [1.165, 1.54) is 12.7 Å². The highest BCUT2D eigenvalue weighted by Crippen LogP contribution is 2.29. The minimum atomic E-state index is -3.15. The highest BCUT2D eigenvalue weighted by Gasteiger charge is 2.28. The molecule has 1 amide bonds. The molecule has 0 saturated heterocycles. The van der Waals surface area contributed by atoms with Gasteiger partial charge in [-0.25, -0.2) is 8.42 Å². The third-order valence-electron chi connectivity index (χ3n) is 3.97. The number of hydrogen-bond donors (Lipinski definition) is 0. The standard InChI is InChI=1S/C16H23NO3S/c1-13(12-21(2,19)20)16(18)17(11-14-7-6-8-14)15-9-4-3-5-10-15/h3-5,9-10,13-14H,6-8,11-12H2,1-2H3/t13-/m0/s1. The average Bonchev–Trinajstić information content (AvgIpc) is 2.36. The van der Waals surface area contributed by atoms with E-state index in [-0.39, 0.29) is 11.7 Å². The minimum Gasteiger partial charge on any atom is -0.312 e. The molecule has 0 unspecified atom stereocenters. The maximum atomic E-state index is 12.7. The van der Waals surface area contributed by atoms with Crippen LogP contribution in [-0.4, -0.2) is 32.9 Å². The Balaban J connectivity index is 2.15. The predicted molar refractivity (Wildman–Crippen MR) is 85.0 cm³/mol. The van der Waals surface area contributed by atoms with Gasteiger partial charge in [-0.3, -0.25) is 4.79 Å². The van der Waals surface area contributed by atoms with Crippen molar-refractivity contribution < 1.29 is 13.2 Å². The number of amides is 1. The van der Waals surface area contributed by atoms with Crippen LogP contribution in [0, 0.1) is 11.8 Å². The lowest BCUT2D eigenvalue weighted by molar-refractivity contribution is -0.121. The van der Waals surface area contributed by atoms with Crippen molar-refractivity contribution in [1.82, 2.24) is 0 Å². The van der Waals surface area contributed by atoms with Crippen LogP contribution in [0.2, 0.25) is 0 Å². The van der Waals surface area contributed by atoms with Crippen LogP contribution in [0.3, 0.4) is 0 Å². The summed E-state index contributed by atoms with van der Waals surface area (Å²) in [4.78, 5) is 14.4. The van der Waals surface area contributed by atoms with Crippen molar-refractivity contribution in [2.45, 2.75) is 26.2 Å². The summed E-state index contributed by atoms with van der Waals surface area (Å²) in [7, 11) is -3.15. The van der Waals surface area contributed by atoms with Crippen LogP contribution >= 0.6 is 0 Å². The number of anilines is 1. The summed E-state index contributed by atoms with van der Waals surface area (Å²) in [5.74, 6) is -0.168. The monoisotopic (exact) mass is 309 g/mol. The third kappa shape index (κ3) is 4.56. The maximum absolute atomic E-state index is 12.7. The Labute approximate surface area is 127 Å². The van der Waals surface area contributed by atoms with E-state index in [4.69, 9.17) is 0 Å². The van der Waals surface area contributed by atoms with E-state index < -0.39 is 15.8 Å². The highest BCUT2D eigenvalue weighted by atomic mass is 32.2. The van der Waals surface area contributed by atoms with Crippen molar-refractivity contribution >= 4 is 21.4 Å². The fourth-order valence-corrected chi connectivity index (χ4v) is 3.71. The normalized spacial score (nSPS) is 17.0. The SMILES string of the molecule is C[C@@H](CS(C)(=O)=O)C(=O)N(CC1CCC1)c1ccccc1. The maximum Gasteiger partial charge on any atom is 0.230 e. The van der Waals surface area contributed by atoms with Crippen molar-refractivity contribution in [1.29, 1.82) is 0 Å². The van der Waals surface area contributed by atoms with Crippen molar-refractivity contribution in [3.8, 4) is 0 Å². The Kier molecular flexibility index (Phi) is 5.04. The lowest BCUT2D eigenvalue weighted by atomic mass is 9.85. The van der Waals surface area contributed by atoms with Gasteiger partial charge in [-0.15, -0.1) is 0 Å². The van der Waals surface area contributed by atoms with Gasteiger partial charge in [0.25, 0.3) is 0 Å². The third-order valence-corrected chi connectivity index (χ3v) is 5.08. The Morgan fingerprint density at radius 2 is 1.90 bits per heavy atom. The van der Waals surface area contributed by atoms with Gasteiger partial charge in [0.1, 0.15) is 9.84 Å². The predicted octanol–water partition coefficient (Wildman–Crippen LogP) is 2.50. The van der Waals surface area contributed by atoms with E-state index in [9.17, 15) is 13.2 Å². The molecule has 4 nitrogen and oxygen atoms in total. The number of nitrogens with zero attached hydrogens (tertiary/aromatic N) is 1. The zero-order chi connectivity index (χ0) is 15.5. The molecule has 1 aliphatic rings. The lowest BCUT2D eigenvalue weighted by Crippen LogP contribution is -2.42. The van der Waals surface area contributed by atoms with Gasteiger partial charge in [0.05, 0.1) is 5.75 Å². The quantitative estimate of drug-likeness (QED) is 0.811. The van der Waals surface area contributed by atoms with Gasteiger partial charge < -0.3 is 4.90 Å². The van der Waals surface area contributed by atoms with Gasteiger partial charge >= 0.3 is 0 Å². The molecular weight excluding hydrogens is 286 g/mol. The molecule has 0 spiro atoms. The van der Waals surface area contributed by atoms with Gasteiger partial charge in [-0.05, 0) is 30.9 Å². The second kappa shape index (κ2) is 6.60. The number of carbonyl (C=O) groups excluding carboxylic acids is 1. The molecule has 1 aliphatic carbocycles. The number of sulfone groups is 1. The zero-order valence-corrected chi connectivity index (χ0v) is 13.5. The van der Waals surface area contributed by atoms with Gasteiger partial charge in [0.15, 0.2) is 0 Å². The molecule has 0 radical (unpaired) electrons. The average molecular weight is 309 g/mol. The first-order valence-electron chi connectivity index (χ1n) is 7.41. The van der Waals surface area contributed by atoms with Crippen molar-refractivity contribution in [3.05, 3.63) is 30.3 Å². The number of carbonyl (C=O) groups is 1. The molecule has 0 heterocycles. The summed E-state index contributed by atoms with van der Waals surface area (Å²) in [5.41, 5.74) is 0.856. The van der Waals surface area contributed by atoms with Crippen LogP contribution in [0.25, 0.3) is 0 Å². The Morgan fingerprint density at radius 1 is 1.29 bits per heavy atom. The van der Waals surface area contributed by atoms with Crippen LogP contribution < -0.4 is 4.90 Å². The molecule has 1 fully saturated rings. The summed E-state index contributed by atoms with van der Waals surface area (Å²) < 4.78 is 22.8. The summed E-state index contributed by atoms with van der Waals surface area (Å²) in [6.45, 7) is 2.39. The highest BCUT2D eigenvalue weighted by molar-refractivity contribution is 7.90. The van der Waals surface area contributed by atoms with Crippen LogP contribution in [0.15, 0.2) is 30.3 Å². The Bertz CT molecular complexity index is 579. The second-order valence-corrected chi connectivity index (χ2v) is 8.26. The molecule has 2 rings (SSSR count).